The van der Waals surface area contributed by atoms with E-state index in [1.54, 1.807) is 0 Å². The standard InChI is InChI=1S/3C40H26N4/c1-3-12-27(13-4-1)29-22-30-25-41-26-38-39(30)34(24-29)33-18-7-9-20-36(33)43(38)32-17-11-14-28(23-32)40-42-35-19-8-10-21-37(35)44(40)31-15-5-2-6-16-31;1-3-12-27(13-4-1)30-24-28-22-23-41-40-38(28)34(26-30)33-18-7-9-20-36(33)44(40)32-17-11-14-29(25-32)39-42-35-19-8-10-21-37(35)43(39)31-15-5-2-6-16-31;1-3-12-27(13-4-1)30-24-28-14-10-22-37-38(28)34(26-30)33-19-11-23-41-40(33)44(37)32-18-9-15-29(25-32)39-42-35-20-7-8-21-36(35)43(39)31-16-5-2-6-17-31/h3*1-26H. The predicted octanol–water partition coefficient (Wildman–Crippen LogP) is 31.1. The summed E-state index contributed by atoms with van der Waals surface area (Å²) in [5.74, 6) is 4.58. The van der Waals surface area contributed by atoms with Gasteiger partial charge in [-0.05, 0) is 243 Å². The minimum atomic E-state index is 0.906. The molecule has 0 fully saturated rings. The van der Waals surface area contributed by atoms with Crippen molar-refractivity contribution < 1.29 is 0 Å². The Hall–Kier alpha value is -18.0. The van der Waals surface area contributed by atoms with Crippen molar-refractivity contribution >= 4 is 117 Å². The average molecular weight is 1690 g/mol. The van der Waals surface area contributed by atoms with Crippen LogP contribution in [-0.4, -0.2) is 43.6 Å². The van der Waals surface area contributed by atoms with Crippen molar-refractivity contribution in [2.24, 2.45) is 0 Å². The van der Waals surface area contributed by atoms with Crippen LogP contribution in [-0.2, 0) is 0 Å². The van der Waals surface area contributed by atoms with Gasteiger partial charge in [0.25, 0.3) is 0 Å². The molecule has 6 aromatic heterocycles. The topological polar surface area (TPSA) is 102 Å². The van der Waals surface area contributed by atoms with Crippen molar-refractivity contribution in [1.82, 2.24) is 43.6 Å². The molecule has 9 heterocycles. The first kappa shape index (κ1) is 76.4. The summed E-state index contributed by atoms with van der Waals surface area (Å²) in [6.07, 6.45) is 7.79. The van der Waals surface area contributed by atoms with E-state index in [2.05, 4.69) is 435 Å². The van der Waals surface area contributed by atoms with E-state index in [9.17, 15) is 0 Å². The molecule has 3 aliphatic heterocycles. The Labute approximate surface area is 761 Å². The summed E-state index contributed by atoms with van der Waals surface area (Å²) in [6.45, 7) is 0. The van der Waals surface area contributed by atoms with Crippen molar-refractivity contribution in [1.29, 1.82) is 0 Å². The number of pyridine rings is 3. The van der Waals surface area contributed by atoms with Gasteiger partial charge < -0.3 is 4.90 Å². The highest BCUT2D eigenvalue weighted by atomic mass is 15.2. The second-order valence-corrected chi connectivity index (χ2v) is 33.4. The Morgan fingerprint density at radius 1 is 0.182 bits per heavy atom. The quantitative estimate of drug-likeness (QED) is 0.118. The Bertz CT molecular complexity index is 7810. The molecule has 0 spiro atoms. The lowest BCUT2D eigenvalue weighted by Crippen LogP contribution is -2.16. The summed E-state index contributed by atoms with van der Waals surface area (Å²) in [7, 11) is 0. The molecule has 618 valence electrons. The number of imidazole rings is 3. The Morgan fingerprint density at radius 2 is 0.523 bits per heavy atom. The van der Waals surface area contributed by atoms with Crippen LogP contribution in [0.1, 0.15) is 0 Å². The van der Waals surface area contributed by atoms with Gasteiger partial charge in [-0.3, -0.25) is 28.5 Å². The van der Waals surface area contributed by atoms with Crippen molar-refractivity contribution in [2.45, 2.75) is 0 Å². The van der Waals surface area contributed by atoms with Gasteiger partial charge in [0.05, 0.1) is 62.0 Å². The third-order valence-electron chi connectivity index (χ3n) is 25.6. The lowest BCUT2D eigenvalue weighted by Gasteiger charge is -2.33. The maximum absolute atomic E-state index is 5.14. The second kappa shape index (κ2) is 32.1. The predicted molar refractivity (Wildman–Crippen MR) is 543 cm³/mol. The van der Waals surface area contributed by atoms with Crippen molar-refractivity contribution in [3.8, 4) is 118 Å². The molecule has 18 aromatic carbocycles. The van der Waals surface area contributed by atoms with Gasteiger partial charge in [0.15, 0.2) is 0 Å². The first-order valence-electron chi connectivity index (χ1n) is 44.5. The molecule has 24 aromatic rings. The average Bonchev–Trinajstić information content (AvgIpc) is 0.945. The summed E-state index contributed by atoms with van der Waals surface area (Å²) in [5, 5.41) is 7.11. The van der Waals surface area contributed by atoms with Crippen LogP contribution < -0.4 is 14.7 Å². The highest BCUT2D eigenvalue weighted by molar-refractivity contribution is 6.18. The lowest BCUT2D eigenvalue weighted by atomic mass is 9.89. The van der Waals surface area contributed by atoms with E-state index in [-0.39, 0.29) is 0 Å². The van der Waals surface area contributed by atoms with Gasteiger partial charge in [-0.2, -0.15) is 0 Å². The lowest BCUT2D eigenvalue weighted by molar-refractivity contribution is 1.10. The molecule has 3 aliphatic rings. The molecule has 0 amide bonds. The number of aromatic nitrogens is 9. The molecule has 0 bridgehead atoms. The minimum Gasteiger partial charge on any atom is -0.308 e. The molecule has 0 aliphatic carbocycles. The Kier molecular flexibility index (Phi) is 18.6. The van der Waals surface area contributed by atoms with E-state index in [1.807, 2.05) is 67.3 Å². The van der Waals surface area contributed by atoms with Gasteiger partial charge >= 0.3 is 0 Å². The first-order valence-corrected chi connectivity index (χ1v) is 44.5. The van der Waals surface area contributed by atoms with Gasteiger partial charge in [0.2, 0.25) is 0 Å². The van der Waals surface area contributed by atoms with Crippen LogP contribution in [0.2, 0.25) is 0 Å². The van der Waals surface area contributed by atoms with Crippen molar-refractivity contribution in [3.63, 3.8) is 0 Å². The third kappa shape index (κ3) is 13.1. The van der Waals surface area contributed by atoms with E-state index < -0.39 is 0 Å². The fourth-order valence-electron chi connectivity index (χ4n) is 19.8. The number of hydrogen-bond donors (Lipinski definition) is 0. The van der Waals surface area contributed by atoms with Gasteiger partial charge in [-0.25, -0.2) is 24.9 Å². The molecular formula is C120H78N12. The molecule has 0 unspecified atom stereocenters. The number of hydrogen-bond acceptors (Lipinski definition) is 9. The summed E-state index contributed by atoms with van der Waals surface area (Å²) in [5.41, 5.74) is 34.5. The maximum Gasteiger partial charge on any atom is 0.146 e. The largest absolute Gasteiger partial charge is 0.308 e. The van der Waals surface area contributed by atoms with E-state index in [1.165, 1.54) is 82.7 Å². The van der Waals surface area contributed by atoms with E-state index in [0.717, 1.165) is 152 Å². The van der Waals surface area contributed by atoms with Crippen molar-refractivity contribution in [2.75, 3.05) is 14.7 Å². The van der Waals surface area contributed by atoms with Crippen LogP contribution in [0.15, 0.2) is 474 Å². The highest BCUT2D eigenvalue weighted by Gasteiger charge is 2.33. The van der Waals surface area contributed by atoms with Crippen LogP contribution in [0.4, 0.5) is 51.4 Å². The zero-order valence-electron chi connectivity index (χ0n) is 71.4. The molecular weight excluding hydrogens is 1610 g/mol. The number of para-hydroxylation sites is 11. The maximum atomic E-state index is 5.14. The molecule has 0 radical (unpaired) electrons. The molecule has 0 N–H and O–H groups in total. The SMILES string of the molecule is c1ccc(-c2cc3c4c(cccc4c2)N(c2cccc(-c4nc5ccccc5n4-c4ccccc4)c2)c2ncccc2-3)cc1.c1ccc(-c2cc3c4c(cncc4c2)N(c2cccc(-c4nc5ccccc5n4-c4ccccc4)c2)c2ccccc2-3)cc1.c1ccc(-c2cc3c4c(nccc4c2)N(c2cccc(-c4nc5ccccc5n4-c4ccccc4)c2)c2ccccc2-3)cc1. The molecule has 0 saturated heterocycles. The third-order valence-corrected chi connectivity index (χ3v) is 25.6. The van der Waals surface area contributed by atoms with Gasteiger partial charge in [0, 0.05) is 108 Å². The molecule has 0 saturated carbocycles. The number of anilines is 9. The summed E-state index contributed by atoms with van der Waals surface area (Å²) < 4.78 is 6.75. The van der Waals surface area contributed by atoms with Gasteiger partial charge in [0.1, 0.15) is 29.1 Å². The fourth-order valence-corrected chi connectivity index (χ4v) is 19.8. The van der Waals surface area contributed by atoms with Crippen LogP contribution in [0.25, 0.3) is 183 Å². The summed E-state index contributed by atoms with van der Waals surface area (Å²) in [4.78, 5) is 37.1. The van der Waals surface area contributed by atoms with Gasteiger partial charge in [-0.15, -0.1) is 0 Å². The van der Waals surface area contributed by atoms with E-state index in [0.29, 0.717) is 0 Å². The molecule has 12 nitrogen and oxygen atoms in total. The molecule has 132 heavy (non-hydrogen) atoms. The smallest absolute Gasteiger partial charge is 0.146 e. The zero-order chi connectivity index (χ0) is 87.1. The fraction of sp³-hybridized carbons (Fsp3) is 0. The second-order valence-electron chi connectivity index (χ2n) is 33.4. The number of rotatable bonds is 12. The number of fused-ring (bicyclic) bond motifs is 9. The van der Waals surface area contributed by atoms with Crippen LogP contribution in [0.3, 0.4) is 0 Å². The van der Waals surface area contributed by atoms with Crippen LogP contribution in [0, 0.1) is 0 Å². The Morgan fingerprint density at radius 3 is 1.01 bits per heavy atom. The van der Waals surface area contributed by atoms with E-state index >= 15 is 0 Å². The van der Waals surface area contributed by atoms with Crippen molar-refractivity contribution in [3.05, 3.63) is 474 Å². The molecule has 27 rings (SSSR count). The number of benzene rings is 18. The summed E-state index contributed by atoms with van der Waals surface area (Å²) >= 11 is 0. The highest BCUT2D eigenvalue weighted by Crippen LogP contribution is 2.56. The van der Waals surface area contributed by atoms with Gasteiger partial charge in [-0.1, -0.05) is 267 Å². The molecule has 0 atom stereocenters. The zero-order valence-corrected chi connectivity index (χ0v) is 71.4. The summed E-state index contributed by atoms with van der Waals surface area (Å²) in [6, 6.07) is 158. The monoisotopic (exact) mass is 1690 g/mol. The normalized spacial score (nSPS) is 12.0. The minimum absolute atomic E-state index is 0.906. The first-order chi connectivity index (χ1) is 65.5. The number of nitrogens with zero attached hydrogens (tertiary/aromatic N) is 12. The van der Waals surface area contributed by atoms with Crippen LogP contribution >= 0.6 is 0 Å². The van der Waals surface area contributed by atoms with E-state index in [4.69, 9.17) is 29.9 Å². The Balaban J connectivity index is 0.000000106. The van der Waals surface area contributed by atoms with Crippen LogP contribution in [0.5, 0.6) is 0 Å². The molecule has 12 heteroatoms.